The molecule has 5 nitrogen and oxygen atoms in total. The van der Waals surface area contributed by atoms with Gasteiger partial charge in [-0.25, -0.2) is 0 Å². The minimum Gasteiger partial charge on any atom is -0.376 e. The largest absolute Gasteiger partial charge is 0.376 e. The number of aromatic nitrogens is 4. The summed E-state index contributed by atoms with van der Waals surface area (Å²) in [6.07, 6.45) is 6.75. The second kappa shape index (κ2) is 7.43. The molecule has 0 saturated carbocycles. The van der Waals surface area contributed by atoms with Crippen molar-refractivity contribution >= 4 is 0 Å². The third-order valence-electron chi connectivity index (χ3n) is 4.50. The van der Waals surface area contributed by atoms with Crippen LogP contribution in [0, 0.1) is 0 Å². The van der Waals surface area contributed by atoms with E-state index in [9.17, 15) is 5.11 Å². The molecule has 27 heavy (non-hydrogen) atoms. The van der Waals surface area contributed by atoms with Crippen LogP contribution in [0.2, 0.25) is 0 Å². The highest BCUT2D eigenvalue weighted by atomic mass is 16.3. The van der Waals surface area contributed by atoms with Crippen LogP contribution in [0.4, 0.5) is 0 Å². The molecule has 0 spiro atoms. The second-order valence-corrected chi connectivity index (χ2v) is 6.14. The molecule has 0 amide bonds. The zero-order chi connectivity index (χ0) is 18.5. The molecule has 0 aliphatic rings. The van der Waals surface area contributed by atoms with Gasteiger partial charge in [0.05, 0.1) is 28.7 Å². The fraction of sp³-hybridized carbons (Fsp3) is 0.0909. The first-order valence-electron chi connectivity index (χ1n) is 8.67. The maximum absolute atomic E-state index is 12.1. The quantitative estimate of drug-likeness (QED) is 0.595. The maximum Gasteiger partial charge on any atom is 0.162 e. The maximum atomic E-state index is 12.1. The van der Waals surface area contributed by atoms with Crippen LogP contribution in [0.25, 0.3) is 0 Å². The summed E-state index contributed by atoms with van der Waals surface area (Å²) in [5.74, 6) is -0.579. The van der Waals surface area contributed by atoms with Crippen molar-refractivity contribution < 1.29 is 5.11 Å². The minimum absolute atomic E-state index is 0.491. The topological polar surface area (TPSA) is 71.8 Å². The van der Waals surface area contributed by atoms with E-state index in [1.807, 2.05) is 60.7 Å². The van der Waals surface area contributed by atoms with Gasteiger partial charge in [-0.1, -0.05) is 24.3 Å². The summed E-state index contributed by atoms with van der Waals surface area (Å²) < 4.78 is 0. The molecule has 1 N–H and O–H groups in total. The van der Waals surface area contributed by atoms with Gasteiger partial charge in [-0.3, -0.25) is 19.9 Å². The Labute approximate surface area is 157 Å². The average Bonchev–Trinajstić information content (AvgIpc) is 2.76. The Morgan fingerprint density at radius 1 is 0.556 bits per heavy atom. The summed E-state index contributed by atoms with van der Waals surface area (Å²) in [6.45, 7) is 0. The predicted octanol–water partition coefficient (Wildman–Crippen LogP) is 3.33. The van der Waals surface area contributed by atoms with Gasteiger partial charge < -0.3 is 5.11 Å². The normalized spacial score (nSPS) is 11.5. The first-order chi connectivity index (χ1) is 13.3. The van der Waals surface area contributed by atoms with Crippen LogP contribution in [0.5, 0.6) is 0 Å². The highest BCUT2D eigenvalue weighted by Crippen LogP contribution is 2.43. The van der Waals surface area contributed by atoms with Gasteiger partial charge in [-0.2, -0.15) is 0 Å². The molecule has 0 atom stereocenters. The molecular weight excluding hydrogens is 336 g/mol. The lowest BCUT2D eigenvalue weighted by Gasteiger charge is -2.34. The smallest absolute Gasteiger partial charge is 0.162 e. The van der Waals surface area contributed by atoms with E-state index < -0.39 is 11.5 Å². The number of hydrogen-bond donors (Lipinski definition) is 1. The van der Waals surface area contributed by atoms with Gasteiger partial charge >= 0.3 is 0 Å². The predicted molar refractivity (Wildman–Crippen MR) is 102 cm³/mol. The zero-order valence-electron chi connectivity index (χ0n) is 14.6. The fourth-order valence-corrected chi connectivity index (χ4v) is 3.28. The van der Waals surface area contributed by atoms with E-state index in [1.54, 1.807) is 36.9 Å². The number of pyridine rings is 4. The van der Waals surface area contributed by atoms with E-state index in [4.69, 9.17) is 0 Å². The zero-order valence-corrected chi connectivity index (χ0v) is 14.6. The average molecular weight is 354 g/mol. The lowest BCUT2D eigenvalue weighted by molar-refractivity contribution is 0.0510. The Balaban J connectivity index is 2.01. The monoisotopic (exact) mass is 354 g/mol. The molecule has 132 valence electrons. The van der Waals surface area contributed by atoms with E-state index >= 15 is 0 Å². The first-order valence-corrected chi connectivity index (χ1v) is 8.67. The van der Waals surface area contributed by atoms with E-state index in [-0.39, 0.29) is 0 Å². The Bertz CT molecular complexity index is 901. The van der Waals surface area contributed by atoms with Crippen molar-refractivity contribution in [2.45, 2.75) is 11.5 Å². The molecule has 4 rings (SSSR count). The molecule has 0 unspecified atom stereocenters. The molecule has 4 aromatic rings. The minimum atomic E-state index is -1.54. The molecule has 0 radical (unpaired) electrons. The van der Waals surface area contributed by atoms with Crippen molar-refractivity contribution in [3.8, 4) is 0 Å². The van der Waals surface area contributed by atoms with Crippen LogP contribution in [0.1, 0.15) is 28.7 Å². The van der Waals surface area contributed by atoms with Crippen LogP contribution in [0.15, 0.2) is 97.6 Å². The van der Waals surface area contributed by atoms with Crippen molar-refractivity contribution in [1.29, 1.82) is 0 Å². The van der Waals surface area contributed by atoms with Gasteiger partial charge in [0, 0.05) is 24.8 Å². The van der Waals surface area contributed by atoms with E-state index in [0.29, 0.717) is 22.8 Å². The molecule has 0 aliphatic heterocycles. The number of nitrogens with zero attached hydrogens (tertiary/aromatic N) is 4. The SMILES string of the molecule is OC(c1ccccn1)(c1ccccn1)C(c1ccccn1)c1ccccn1. The van der Waals surface area contributed by atoms with E-state index in [1.165, 1.54) is 0 Å². The molecule has 5 heteroatoms. The van der Waals surface area contributed by atoms with Crippen molar-refractivity contribution in [2.24, 2.45) is 0 Å². The molecule has 0 fully saturated rings. The summed E-state index contributed by atoms with van der Waals surface area (Å²) in [7, 11) is 0. The molecular formula is C22H18N4O. The van der Waals surface area contributed by atoms with Crippen molar-refractivity contribution in [2.75, 3.05) is 0 Å². The number of rotatable bonds is 5. The highest BCUT2D eigenvalue weighted by Gasteiger charge is 2.46. The Morgan fingerprint density at radius 3 is 1.30 bits per heavy atom. The second-order valence-electron chi connectivity index (χ2n) is 6.14. The van der Waals surface area contributed by atoms with Gasteiger partial charge in [-0.15, -0.1) is 0 Å². The molecule has 0 saturated heterocycles. The summed E-state index contributed by atoms with van der Waals surface area (Å²) in [5, 5.41) is 12.1. The summed E-state index contributed by atoms with van der Waals surface area (Å²) >= 11 is 0. The van der Waals surface area contributed by atoms with E-state index in [0.717, 1.165) is 0 Å². The van der Waals surface area contributed by atoms with Crippen LogP contribution in [-0.2, 0) is 5.60 Å². The van der Waals surface area contributed by atoms with Gasteiger partial charge in [-0.05, 0) is 48.5 Å². The number of hydrogen-bond acceptors (Lipinski definition) is 5. The molecule has 0 aromatic carbocycles. The van der Waals surface area contributed by atoms with Gasteiger partial charge in [0.15, 0.2) is 5.60 Å². The first kappa shape index (κ1) is 17.0. The van der Waals surface area contributed by atoms with Crippen molar-refractivity contribution in [3.05, 3.63) is 120 Å². The van der Waals surface area contributed by atoms with Crippen LogP contribution >= 0.6 is 0 Å². The highest BCUT2D eigenvalue weighted by molar-refractivity contribution is 5.39. The Kier molecular flexibility index (Phi) is 4.68. The van der Waals surface area contributed by atoms with Crippen molar-refractivity contribution in [1.82, 2.24) is 19.9 Å². The van der Waals surface area contributed by atoms with Gasteiger partial charge in [0.25, 0.3) is 0 Å². The molecule has 0 aliphatic carbocycles. The molecule has 4 aromatic heterocycles. The summed E-state index contributed by atoms with van der Waals surface area (Å²) in [5.41, 5.74) is 0.825. The van der Waals surface area contributed by atoms with Crippen LogP contribution in [0.3, 0.4) is 0 Å². The Morgan fingerprint density at radius 2 is 0.963 bits per heavy atom. The fourth-order valence-electron chi connectivity index (χ4n) is 3.28. The number of aliphatic hydroxyl groups is 1. The van der Waals surface area contributed by atoms with Gasteiger partial charge in [0.1, 0.15) is 0 Å². The molecule has 0 bridgehead atoms. The third kappa shape index (κ3) is 3.20. The summed E-state index contributed by atoms with van der Waals surface area (Å²) in [4.78, 5) is 17.9. The third-order valence-corrected chi connectivity index (χ3v) is 4.50. The van der Waals surface area contributed by atoms with E-state index in [2.05, 4.69) is 19.9 Å². The van der Waals surface area contributed by atoms with Crippen molar-refractivity contribution in [3.63, 3.8) is 0 Å². The Hall–Kier alpha value is -3.44. The van der Waals surface area contributed by atoms with Gasteiger partial charge in [0.2, 0.25) is 0 Å². The lowest BCUT2D eigenvalue weighted by atomic mass is 9.76. The standard InChI is InChI=1S/C22H18N4O/c27-22(19-11-3-7-15-25-19,20-12-4-8-16-26-20)21(17-9-1-5-13-23-17)18-10-2-6-14-24-18/h1-16,21,27H. The summed E-state index contributed by atoms with van der Waals surface area (Å²) in [6, 6.07) is 22.2. The molecule has 4 heterocycles. The van der Waals surface area contributed by atoms with Crippen LogP contribution < -0.4 is 0 Å². The lowest BCUT2D eigenvalue weighted by Crippen LogP contribution is -2.38. The van der Waals surface area contributed by atoms with Crippen LogP contribution in [-0.4, -0.2) is 25.0 Å².